The van der Waals surface area contributed by atoms with Gasteiger partial charge in [-0.05, 0) is 43.4 Å². The van der Waals surface area contributed by atoms with E-state index in [1.807, 2.05) is 37.3 Å². The van der Waals surface area contributed by atoms with E-state index in [1.165, 1.54) is 6.92 Å². The third-order valence-corrected chi connectivity index (χ3v) is 3.59. The predicted molar refractivity (Wildman–Crippen MR) is 105 cm³/mol. The molecule has 0 spiro atoms. The second-order valence-electron chi connectivity index (χ2n) is 5.56. The summed E-state index contributed by atoms with van der Waals surface area (Å²) >= 11 is 0. The fraction of sp³-hybridized carbons (Fsp3) is 0.286. The van der Waals surface area contributed by atoms with Gasteiger partial charge in [-0.2, -0.15) is 0 Å². The molecule has 0 amide bonds. The van der Waals surface area contributed by atoms with Gasteiger partial charge in [0.15, 0.2) is 0 Å². The summed E-state index contributed by atoms with van der Waals surface area (Å²) in [4.78, 5) is 4.42. The van der Waals surface area contributed by atoms with E-state index in [4.69, 9.17) is 0 Å². The molecule has 0 bridgehead atoms. The number of hydrogen-bond acceptors (Lipinski definition) is 2. The van der Waals surface area contributed by atoms with Gasteiger partial charge in [-0.3, -0.25) is 4.39 Å². The maximum absolute atomic E-state index is 13.7. The quantitative estimate of drug-likeness (QED) is 0.581. The summed E-state index contributed by atoms with van der Waals surface area (Å²) < 4.78 is 23.2. The molecule has 25 heavy (non-hydrogen) atoms. The highest BCUT2D eigenvalue weighted by molar-refractivity contribution is 5.89. The maximum atomic E-state index is 13.7. The van der Waals surface area contributed by atoms with Crippen LogP contribution in [-0.2, 0) is 0 Å². The number of rotatable bonds is 6. The summed E-state index contributed by atoms with van der Waals surface area (Å²) in [5, 5.41) is 5.27. The molecule has 1 aromatic carbocycles. The summed E-state index contributed by atoms with van der Waals surface area (Å²) in [6.07, 6.45) is 7.40. The Hall–Kier alpha value is -2.49. The topological polar surface area (TPSA) is 24.9 Å². The highest BCUT2D eigenvalue weighted by atomic mass is 19.1. The first-order valence-electron chi connectivity index (χ1n) is 8.27. The van der Waals surface area contributed by atoms with E-state index in [0.717, 1.165) is 40.7 Å². The largest absolute Gasteiger partial charge is 0.344 e. The lowest BCUT2D eigenvalue weighted by Crippen LogP contribution is -1.99. The molecular weight excluding hydrogens is 318 g/mol. The van der Waals surface area contributed by atoms with Crippen LogP contribution in [0.5, 0.6) is 0 Å². The van der Waals surface area contributed by atoms with Crippen molar-refractivity contribution in [2.24, 2.45) is 0 Å². The predicted octanol–water partition coefficient (Wildman–Crippen LogP) is 6.82. The molecule has 0 aliphatic rings. The normalized spacial score (nSPS) is 11.8. The van der Waals surface area contributed by atoms with Crippen molar-refractivity contribution in [2.75, 3.05) is 12.5 Å². The van der Waals surface area contributed by atoms with Gasteiger partial charge in [-0.25, -0.2) is 9.37 Å². The van der Waals surface area contributed by atoms with Crippen LogP contribution < -0.4 is 5.32 Å². The first-order valence-corrected chi connectivity index (χ1v) is 8.27. The van der Waals surface area contributed by atoms with Gasteiger partial charge in [0.1, 0.15) is 11.6 Å². The van der Waals surface area contributed by atoms with Crippen molar-refractivity contribution < 1.29 is 8.78 Å². The van der Waals surface area contributed by atoms with E-state index in [2.05, 4.69) is 23.8 Å². The van der Waals surface area contributed by atoms with Crippen LogP contribution in [0.15, 0.2) is 60.7 Å². The van der Waals surface area contributed by atoms with E-state index in [9.17, 15) is 8.78 Å². The van der Waals surface area contributed by atoms with Gasteiger partial charge in [0.05, 0.1) is 7.18 Å². The minimum atomic E-state index is -0.190. The first kappa shape index (κ1) is 20.6. The van der Waals surface area contributed by atoms with Crippen LogP contribution in [0.3, 0.4) is 0 Å². The van der Waals surface area contributed by atoms with Gasteiger partial charge < -0.3 is 5.32 Å². The smallest absolute Gasteiger partial charge is 0.130 e. The van der Waals surface area contributed by atoms with E-state index < -0.39 is 0 Å². The van der Waals surface area contributed by atoms with Crippen molar-refractivity contribution in [3.05, 3.63) is 66.3 Å². The van der Waals surface area contributed by atoms with Crippen molar-refractivity contribution >= 4 is 22.2 Å². The van der Waals surface area contributed by atoms with Gasteiger partial charge >= 0.3 is 0 Å². The molecule has 134 valence electrons. The van der Waals surface area contributed by atoms with Crippen molar-refractivity contribution in [1.29, 1.82) is 0 Å². The molecule has 0 atom stereocenters. The van der Waals surface area contributed by atoms with Gasteiger partial charge in [0.25, 0.3) is 0 Å². The van der Waals surface area contributed by atoms with Gasteiger partial charge in [0, 0.05) is 22.9 Å². The zero-order valence-corrected chi connectivity index (χ0v) is 15.4. The molecule has 4 heteroatoms. The summed E-state index contributed by atoms with van der Waals surface area (Å²) in [7, 11) is 0.500. The molecule has 2 aromatic rings. The van der Waals surface area contributed by atoms with Crippen LogP contribution in [0.2, 0.25) is 0 Å². The number of aromatic nitrogens is 1. The third-order valence-electron chi connectivity index (χ3n) is 3.59. The second-order valence-corrected chi connectivity index (χ2v) is 5.56. The number of hydrogen-bond donors (Lipinski definition) is 1. The van der Waals surface area contributed by atoms with E-state index in [-0.39, 0.29) is 5.83 Å². The van der Waals surface area contributed by atoms with Crippen LogP contribution in [0, 0.1) is 0 Å². The second kappa shape index (κ2) is 10.4. The average molecular weight is 344 g/mol. The summed E-state index contributed by atoms with van der Waals surface area (Å²) in [6.45, 7) is 9.46. The Morgan fingerprint density at radius 1 is 1.24 bits per heavy atom. The Kier molecular flexibility index (Phi) is 8.54. The zero-order chi connectivity index (χ0) is 18.8. The molecule has 1 N–H and O–H groups in total. The fourth-order valence-electron chi connectivity index (χ4n) is 2.50. The molecule has 2 rings (SSSR count). The van der Waals surface area contributed by atoms with Crippen molar-refractivity contribution in [2.45, 2.75) is 33.6 Å². The minimum absolute atomic E-state index is 0.190. The lowest BCUT2D eigenvalue weighted by molar-refractivity contribution is 0.636. The van der Waals surface area contributed by atoms with Crippen molar-refractivity contribution in [1.82, 2.24) is 4.98 Å². The standard InChI is InChI=1S/C20H23FN2.CH3F/c1-5-7-14(3)23-20-12-16-9-10-17(11-18(16)13-22-20)19(8-6-2)15(4)21;1-2/h6,8-13H,3,5,7H2,1-2,4H3,(H,22,23);1H3/b8-6-,19-15-;. The van der Waals surface area contributed by atoms with Gasteiger partial charge in [-0.1, -0.05) is 44.2 Å². The number of fused-ring (bicyclic) bond motifs is 1. The number of halogens is 2. The van der Waals surface area contributed by atoms with Crippen LogP contribution in [-0.4, -0.2) is 12.2 Å². The summed E-state index contributed by atoms with van der Waals surface area (Å²) in [5.74, 6) is 0.596. The molecule has 0 aliphatic heterocycles. The van der Waals surface area contributed by atoms with Crippen LogP contribution in [0.1, 0.15) is 39.2 Å². The molecule has 0 saturated heterocycles. The lowest BCUT2D eigenvalue weighted by Gasteiger charge is -2.10. The number of benzene rings is 1. The van der Waals surface area contributed by atoms with Crippen LogP contribution in [0.4, 0.5) is 14.6 Å². The average Bonchev–Trinajstić information content (AvgIpc) is 2.61. The van der Waals surface area contributed by atoms with E-state index >= 15 is 0 Å². The highest BCUT2D eigenvalue weighted by Crippen LogP contribution is 2.26. The first-order chi connectivity index (χ1) is 12.0. The third kappa shape index (κ3) is 5.82. The number of anilines is 1. The molecule has 1 heterocycles. The summed E-state index contributed by atoms with van der Waals surface area (Å²) in [6, 6.07) is 7.88. The number of nitrogens with zero attached hydrogens (tertiary/aromatic N) is 1. The molecule has 1 aromatic heterocycles. The van der Waals surface area contributed by atoms with Crippen molar-refractivity contribution in [3.63, 3.8) is 0 Å². The Labute approximate surface area is 149 Å². The molecular formula is C21H26F2N2. The molecule has 0 radical (unpaired) electrons. The molecule has 0 fully saturated rings. The Balaban J connectivity index is 0.00000151. The zero-order valence-electron chi connectivity index (χ0n) is 15.4. The maximum Gasteiger partial charge on any atom is 0.130 e. The number of pyridine rings is 1. The lowest BCUT2D eigenvalue weighted by atomic mass is 10.0. The van der Waals surface area contributed by atoms with E-state index in [0.29, 0.717) is 12.8 Å². The Morgan fingerprint density at radius 2 is 1.96 bits per heavy atom. The Bertz CT molecular complexity index is 773. The monoisotopic (exact) mass is 344 g/mol. The van der Waals surface area contributed by atoms with Crippen molar-refractivity contribution in [3.8, 4) is 0 Å². The highest BCUT2D eigenvalue weighted by Gasteiger charge is 2.05. The van der Waals surface area contributed by atoms with E-state index in [1.54, 1.807) is 12.3 Å². The number of alkyl halides is 1. The molecule has 0 unspecified atom stereocenters. The van der Waals surface area contributed by atoms with Gasteiger partial charge in [0.2, 0.25) is 0 Å². The number of allylic oxidation sites excluding steroid dienone is 5. The molecule has 0 saturated carbocycles. The van der Waals surface area contributed by atoms with Crippen LogP contribution in [0.25, 0.3) is 16.3 Å². The Morgan fingerprint density at radius 3 is 2.56 bits per heavy atom. The summed E-state index contributed by atoms with van der Waals surface area (Å²) in [5.41, 5.74) is 2.42. The van der Waals surface area contributed by atoms with Crippen LogP contribution >= 0.6 is 0 Å². The molecule has 0 aliphatic carbocycles. The SMILES string of the molecule is C=C(CCC)Nc1cc2ccc(C(/C=C\C)=C(/C)F)cc2cn1.CF. The number of nitrogens with one attached hydrogen (secondary N) is 1. The fourth-order valence-corrected chi connectivity index (χ4v) is 2.50. The van der Waals surface area contributed by atoms with Gasteiger partial charge in [-0.15, -0.1) is 0 Å². The molecule has 2 nitrogen and oxygen atoms in total. The minimum Gasteiger partial charge on any atom is -0.344 e.